The molecular weight excluding hydrogens is 250 g/mol. The zero-order valence-electron chi connectivity index (χ0n) is 7.08. The average molecular weight is 258 g/mol. The lowest BCUT2D eigenvalue weighted by molar-refractivity contribution is 0.238. The first-order valence-electron chi connectivity index (χ1n) is 3.71. The average Bonchev–Trinajstić information content (AvgIpc) is 2.07. The number of halogens is 1. The molecule has 0 aliphatic heterocycles. The number of para-hydroxylation sites is 1. The monoisotopic (exact) mass is 257 g/mol. The topological polar surface area (TPSA) is 84.2 Å². The number of carbonyl (C=O) groups excluding carboxylic acids is 2. The van der Waals surface area contributed by atoms with Crippen molar-refractivity contribution in [3.63, 3.8) is 0 Å². The maximum atomic E-state index is 11.0. The van der Waals surface area contributed by atoms with Gasteiger partial charge in [0.15, 0.2) is 0 Å². The fourth-order valence-electron chi connectivity index (χ4n) is 0.828. The summed E-state index contributed by atoms with van der Waals surface area (Å²) in [5.74, 6) is 0. The first-order chi connectivity index (χ1) is 6.59. The first kappa shape index (κ1) is 10.5. The summed E-state index contributed by atoms with van der Waals surface area (Å²) in [6, 6.07) is 5.45. The van der Waals surface area contributed by atoms with E-state index in [1.807, 2.05) is 5.32 Å². The summed E-state index contributed by atoms with van der Waals surface area (Å²) in [5, 5.41) is 4.33. The summed E-state index contributed by atoms with van der Waals surface area (Å²) < 4.78 is 0.722. The number of nitrogens with one attached hydrogen (secondary N) is 2. The largest absolute Gasteiger partial charge is 0.351 e. The van der Waals surface area contributed by atoms with Crippen LogP contribution in [0.4, 0.5) is 15.3 Å². The highest BCUT2D eigenvalue weighted by Gasteiger charge is 2.05. The SMILES string of the molecule is NC(=O)NC(=O)Nc1ccccc1Br. The molecule has 1 aromatic rings. The molecule has 0 radical (unpaired) electrons. The second-order valence-corrected chi connectivity index (χ2v) is 3.28. The molecule has 5 nitrogen and oxygen atoms in total. The maximum Gasteiger partial charge on any atom is 0.327 e. The second kappa shape index (κ2) is 4.61. The van der Waals surface area contributed by atoms with Crippen molar-refractivity contribution in [3.8, 4) is 0 Å². The van der Waals surface area contributed by atoms with E-state index in [9.17, 15) is 9.59 Å². The summed E-state index contributed by atoms with van der Waals surface area (Å²) >= 11 is 3.23. The van der Waals surface area contributed by atoms with Gasteiger partial charge < -0.3 is 11.1 Å². The van der Waals surface area contributed by atoms with Crippen LogP contribution in [-0.2, 0) is 0 Å². The Hall–Kier alpha value is -1.56. The summed E-state index contributed by atoms with van der Waals surface area (Å²) in [4.78, 5) is 21.4. The van der Waals surface area contributed by atoms with Gasteiger partial charge in [-0.05, 0) is 28.1 Å². The number of rotatable bonds is 1. The minimum absolute atomic E-state index is 0.561. The van der Waals surface area contributed by atoms with E-state index >= 15 is 0 Å². The highest BCUT2D eigenvalue weighted by atomic mass is 79.9. The van der Waals surface area contributed by atoms with Gasteiger partial charge >= 0.3 is 12.1 Å². The number of carbonyl (C=O) groups is 2. The number of benzene rings is 1. The number of hydrogen-bond donors (Lipinski definition) is 3. The van der Waals surface area contributed by atoms with E-state index in [0.29, 0.717) is 5.69 Å². The quantitative estimate of drug-likeness (QED) is 0.715. The highest BCUT2D eigenvalue weighted by molar-refractivity contribution is 9.10. The van der Waals surface area contributed by atoms with Crippen LogP contribution in [-0.4, -0.2) is 12.1 Å². The summed E-state index contributed by atoms with van der Waals surface area (Å²) in [5.41, 5.74) is 5.32. The van der Waals surface area contributed by atoms with Crippen molar-refractivity contribution in [1.82, 2.24) is 5.32 Å². The Morgan fingerprint density at radius 3 is 2.50 bits per heavy atom. The van der Waals surface area contributed by atoms with Crippen LogP contribution in [0.3, 0.4) is 0 Å². The van der Waals surface area contributed by atoms with Crippen LogP contribution in [0.2, 0.25) is 0 Å². The van der Waals surface area contributed by atoms with Gasteiger partial charge in [0.05, 0.1) is 5.69 Å². The Labute approximate surface area is 88.8 Å². The fraction of sp³-hybridized carbons (Fsp3) is 0. The smallest absolute Gasteiger partial charge is 0.327 e. The Kier molecular flexibility index (Phi) is 3.47. The van der Waals surface area contributed by atoms with Crippen LogP contribution in [0.15, 0.2) is 28.7 Å². The van der Waals surface area contributed by atoms with Crippen molar-refractivity contribution < 1.29 is 9.59 Å². The molecule has 0 aliphatic carbocycles. The molecule has 0 heterocycles. The summed E-state index contributed by atoms with van der Waals surface area (Å²) in [6.45, 7) is 0. The van der Waals surface area contributed by atoms with Gasteiger partial charge in [0.25, 0.3) is 0 Å². The molecule has 0 atom stereocenters. The molecule has 1 aromatic carbocycles. The number of anilines is 1. The van der Waals surface area contributed by atoms with Crippen molar-refractivity contribution in [2.45, 2.75) is 0 Å². The lowest BCUT2D eigenvalue weighted by Gasteiger charge is -2.05. The molecule has 0 fully saturated rings. The minimum Gasteiger partial charge on any atom is -0.351 e. The van der Waals surface area contributed by atoms with Crippen molar-refractivity contribution in [3.05, 3.63) is 28.7 Å². The van der Waals surface area contributed by atoms with Crippen LogP contribution in [0.1, 0.15) is 0 Å². The fourth-order valence-corrected chi connectivity index (χ4v) is 1.21. The van der Waals surface area contributed by atoms with Crippen molar-refractivity contribution in [1.29, 1.82) is 0 Å². The Bertz CT molecular complexity index is 367. The number of nitrogens with two attached hydrogens (primary N) is 1. The molecule has 4 amide bonds. The number of urea groups is 2. The second-order valence-electron chi connectivity index (χ2n) is 2.42. The molecule has 0 unspecified atom stereocenters. The Balaban J connectivity index is 2.65. The van der Waals surface area contributed by atoms with E-state index in [1.165, 1.54) is 0 Å². The highest BCUT2D eigenvalue weighted by Crippen LogP contribution is 2.20. The van der Waals surface area contributed by atoms with Crippen molar-refractivity contribution in [2.75, 3.05) is 5.32 Å². The molecule has 0 saturated heterocycles. The van der Waals surface area contributed by atoms with E-state index in [0.717, 1.165) is 4.47 Å². The third-order valence-corrected chi connectivity index (χ3v) is 2.05. The van der Waals surface area contributed by atoms with Gasteiger partial charge in [0.2, 0.25) is 0 Å². The van der Waals surface area contributed by atoms with E-state index in [4.69, 9.17) is 5.73 Å². The molecule has 0 spiro atoms. The van der Waals surface area contributed by atoms with Gasteiger partial charge in [-0.3, -0.25) is 5.32 Å². The van der Waals surface area contributed by atoms with Gasteiger partial charge in [-0.15, -0.1) is 0 Å². The van der Waals surface area contributed by atoms with E-state index in [1.54, 1.807) is 24.3 Å². The molecule has 74 valence electrons. The van der Waals surface area contributed by atoms with Gasteiger partial charge in [0.1, 0.15) is 0 Å². The normalized spacial score (nSPS) is 9.21. The first-order valence-corrected chi connectivity index (χ1v) is 4.51. The zero-order valence-corrected chi connectivity index (χ0v) is 8.67. The van der Waals surface area contributed by atoms with Crippen LogP contribution >= 0.6 is 15.9 Å². The third-order valence-electron chi connectivity index (χ3n) is 1.36. The van der Waals surface area contributed by atoms with Crippen LogP contribution in [0.25, 0.3) is 0 Å². The van der Waals surface area contributed by atoms with E-state index in [2.05, 4.69) is 21.2 Å². The lowest BCUT2D eigenvalue weighted by atomic mass is 10.3. The Morgan fingerprint density at radius 2 is 1.93 bits per heavy atom. The maximum absolute atomic E-state index is 11.0. The molecule has 1 rings (SSSR count). The van der Waals surface area contributed by atoms with E-state index in [-0.39, 0.29) is 0 Å². The minimum atomic E-state index is -0.894. The number of imide groups is 1. The number of hydrogen-bond acceptors (Lipinski definition) is 2. The zero-order chi connectivity index (χ0) is 10.6. The van der Waals surface area contributed by atoms with Gasteiger partial charge in [-0.1, -0.05) is 12.1 Å². The summed E-state index contributed by atoms with van der Waals surface area (Å²) in [6.07, 6.45) is 0. The van der Waals surface area contributed by atoms with Crippen molar-refractivity contribution in [2.24, 2.45) is 5.73 Å². The van der Waals surface area contributed by atoms with Gasteiger partial charge in [0, 0.05) is 4.47 Å². The molecular formula is C8H8BrN3O2. The molecule has 0 aliphatic rings. The predicted molar refractivity (Wildman–Crippen MR) is 55.9 cm³/mol. The Morgan fingerprint density at radius 1 is 1.29 bits per heavy atom. The van der Waals surface area contributed by atoms with Crippen LogP contribution in [0, 0.1) is 0 Å². The molecule has 4 N–H and O–H groups in total. The number of amides is 4. The standard InChI is InChI=1S/C8H8BrN3O2/c9-5-3-1-2-4-6(5)11-8(14)12-7(10)13/h1-4H,(H4,10,11,12,13,14). The summed E-state index contributed by atoms with van der Waals surface area (Å²) in [7, 11) is 0. The molecule has 6 heteroatoms. The van der Waals surface area contributed by atoms with Crippen LogP contribution < -0.4 is 16.4 Å². The molecule has 0 bridgehead atoms. The molecule has 14 heavy (non-hydrogen) atoms. The van der Waals surface area contributed by atoms with Gasteiger partial charge in [-0.2, -0.15) is 0 Å². The lowest BCUT2D eigenvalue weighted by Crippen LogP contribution is -2.38. The van der Waals surface area contributed by atoms with Gasteiger partial charge in [-0.25, -0.2) is 9.59 Å². The predicted octanol–water partition coefficient (Wildman–Crippen LogP) is 1.65. The molecule has 0 aromatic heterocycles. The third kappa shape index (κ3) is 3.06. The number of primary amides is 1. The van der Waals surface area contributed by atoms with Crippen molar-refractivity contribution >= 4 is 33.7 Å². The van der Waals surface area contributed by atoms with Crippen LogP contribution in [0.5, 0.6) is 0 Å². The molecule has 0 saturated carbocycles. The van der Waals surface area contributed by atoms with E-state index < -0.39 is 12.1 Å².